The van der Waals surface area contributed by atoms with Gasteiger partial charge < -0.3 is 19.4 Å². The molecule has 0 aromatic carbocycles. The topological polar surface area (TPSA) is 107 Å². The lowest BCUT2D eigenvalue weighted by molar-refractivity contribution is -0.133. The smallest absolute Gasteiger partial charge is 0.229 e. The number of fused-ring (bicyclic) bond motifs is 1. The summed E-state index contributed by atoms with van der Waals surface area (Å²) in [7, 11) is 0. The Hall–Kier alpha value is -4.39. The SMILES string of the molecule is C=CC(C)C(=O)N1CCN(c2ccc(-c3cc(OCCN4CCCC4=O)cn4ncc(C#N)c34)cn2)CC1. The molecular weight excluding hydrogens is 482 g/mol. The molecule has 0 aliphatic carbocycles. The second kappa shape index (κ2) is 10.9. The van der Waals surface area contributed by atoms with Crippen molar-refractivity contribution >= 4 is 23.1 Å². The number of piperazine rings is 1. The van der Waals surface area contributed by atoms with E-state index < -0.39 is 0 Å². The molecule has 38 heavy (non-hydrogen) atoms. The number of hydrogen-bond acceptors (Lipinski definition) is 7. The Balaban J connectivity index is 1.33. The normalized spacial score (nSPS) is 16.5. The fourth-order valence-corrected chi connectivity index (χ4v) is 4.97. The first kappa shape index (κ1) is 25.3. The van der Waals surface area contributed by atoms with E-state index in [1.807, 2.05) is 34.9 Å². The summed E-state index contributed by atoms with van der Waals surface area (Å²) in [4.78, 5) is 34.9. The zero-order chi connectivity index (χ0) is 26.6. The summed E-state index contributed by atoms with van der Waals surface area (Å²) >= 11 is 0. The summed E-state index contributed by atoms with van der Waals surface area (Å²) in [5.74, 6) is 1.53. The first-order valence-electron chi connectivity index (χ1n) is 12.9. The number of amides is 2. The number of hydrogen-bond donors (Lipinski definition) is 0. The van der Waals surface area contributed by atoms with Gasteiger partial charge in [0.05, 0.1) is 35.9 Å². The lowest BCUT2D eigenvalue weighted by Crippen LogP contribution is -2.50. The van der Waals surface area contributed by atoms with Gasteiger partial charge in [0.1, 0.15) is 24.2 Å². The molecule has 10 heteroatoms. The number of aromatic nitrogens is 3. The predicted molar refractivity (Wildman–Crippen MR) is 143 cm³/mol. The van der Waals surface area contributed by atoms with Crippen LogP contribution in [0, 0.1) is 17.2 Å². The second-order valence-corrected chi connectivity index (χ2v) is 9.63. The molecule has 2 fully saturated rings. The highest BCUT2D eigenvalue weighted by atomic mass is 16.5. The lowest BCUT2D eigenvalue weighted by atomic mass is 10.1. The van der Waals surface area contributed by atoms with Crippen LogP contribution in [0.1, 0.15) is 25.3 Å². The molecular formula is C28H31N7O3. The molecule has 0 bridgehead atoms. The molecule has 3 aromatic rings. The standard InChI is InChI=1S/C28H31N7O3/c1-3-20(2)28(37)34-11-9-32(10-12-34)25-7-6-21(17-30-25)24-15-23(19-35-27(24)22(16-29)18-31-35)38-14-13-33-8-4-5-26(33)36/h3,6-7,15,17-20H,1,4-5,8-14H2,2H3. The number of ether oxygens (including phenoxy) is 1. The van der Waals surface area contributed by atoms with Crippen LogP contribution in [-0.2, 0) is 9.59 Å². The minimum Gasteiger partial charge on any atom is -0.490 e. The molecule has 2 saturated heterocycles. The molecule has 3 aromatic heterocycles. The first-order chi connectivity index (χ1) is 18.5. The molecule has 0 spiro atoms. The Kier molecular flexibility index (Phi) is 7.26. The molecule has 1 unspecified atom stereocenters. The summed E-state index contributed by atoms with van der Waals surface area (Å²) in [6.45, 7) is 9.97. The predicted octanol–water partition coefficient (Wildman–Crippen LogP) is 2.74. The van der Waals surface area contributed by atoms with E-state index in [4.69, 9.17) is 9.72 Å². The molecule has 2 aliphatic rings. The number of carbonyl (C=O) groups is 2. The van der Waals surface area contributed by atoms with E-state index in [-0.39, 0.29) is 17.7 Å². The third kappa shape index (κ3) is 5.05. The van der Waals surface area contributed by atoms with Crippen molar-refractivity contribution in [1.82, 2.24) is 24.4 Å². The van der Waals surface area contributed by atoms with E-state index in [0.29, 0.717) is 62.6 Å². The van der Waals surface area contributed by atoms with Crippen LogP contribution in [0.4, 0.5) is 5.82 Å². The minimum absolute atomic E-state index is 0.107. The Morgan fingerprint density at radius 1 is 1.24 bits per heavy atom. The highest BCUT2D eigenvalue weighted by Crippen LogP contribution is 2.31. The van der Waals surface area contributed by atoms with Crippen LogP contribution in [-0.4, -0.2) is 82.1 Å². The Labute approximate surface area is 221 Å². The monoisotopic (exact) mass is 513 g/mol. The van der Waals surface area contributed by atoms with E-state index in [9.17, 15) is 14.9 Å². The molecule has 0 radical (unpaired) electrons. The van der Waals surface area contributed by atoms with Crippen LogP contribution in [0.3, 0.4) is 0 Å². The average Bonchev–Trinajstić information content (AvgIpc) is 3.57. The van der Waals surface area contributed by atoms with E-state index >= 15 is 0 Å². The quantitative estimate of drug-likeness (QED) is 0.426. The number of rotatable bonds is 8. The highest BCUT2D eigenvalue weighted by molar-refractivity contribution is 5.85. The van der Waals surface area contributed by atoms with Gasteiger partial charge in [0, 0.05) is 56.5 Å². The molecule has 10 nitrogen and oxygen atoms in total. The number of carbonyl (C=O) groups excluding carboxylic acids is 2. The van der Waals surface area contributed by atoms with Crippen molar-refractivity contribution in [2.75, 3.05) is 50.8 Å². The maximum atomic E-state index is 12.4. The maximum Gasteiger partial charge on any atom is 0.229 e. The summed E-state index contributed by atoms with van der Waals surface area (Å²) in [6, 6.07) is 8.06. The van der Waals surface area contributed by atoms with Crippen LogP contribution in [0.25, 0.3) is 16.6 Å². The van der Waals surface area contributed by atoms with Crippen LogP contribution in [0.15, 0.2) is 49.4 Å². The molecule has 0 saturated carbocycles. The number of pyridine rings is 2. The lowest BCUT2D eigenvalue weighted by Gasteiger charge is -2.36. The zero-order valence-electron chi connectivity index (χ0n) is 21.5. The molecule has 2 aliphatic heterocycles. The van der Waals surface area contributed by atoms with Gasteiger partial charge in [0.15, 0.2) is 0 Å². The minimum atomic E-state index is -0.180. The average molecular weight is 514 g/mol. The largest absolute Gasteiger partial charge is 0.490 e. The van der Waals surface area contributed by atoms with Gasteiger partial charge in [-0.3, -0.25) is 9.59 Å². The van der Waals surface area contributed by atoms with E-state index in [1.165, 1.54) is 0 Å². The van der Waals surface area contributed by atoms with Crippen molar-refractivity contribution in [3.8, 4) is 22.9 Å². The van der Waals surface area contributed by atoms with Gasteiger partial charge in [-0.25, -0.2) is 9.50 Å². The van der Waals surface area contributed by atoms with Crippen LogP contribution in [0.2, 0.25) is 0 Å². The highest BCUT2D eigenvalue weighted by Gasteiger charge is 2.24. The van der Waals surface area contributed by atoms with Crippen molar-refractivity contribution in [2.24, 2.45) is 5.92 Å². The number of nitriles is 1. The van der Waals surface area contributed by atoms with E-state index in [1.54, 1.807) is 29.2 Å². The van der Waals surface area contributed by atoms with Crippen LogP contribution < -0.4 is 9.64 Å². The Morgan fingerprint density at radius 2 is 2.05 bits per heavy atom. The third-order valence-corrected chi connectivity index (χ3v) is 7.23. The fourth-order valence-electron chi connectivity index (χ4n) is 4.97. The molecule has 196 valence electrons. The number of likely N-dealkylation sites (tertiary alicyclic amines) is 1. The Bertz CT molecular complexity index is 1380. The molecule has 1 atom stereocenters. The maximum absolute atomic E-state index is 12.4. The van der Waals surface area contributed by atoms with Gasteiger partial charge in [0.25, 0.3) is 0 Å². The van der Waals surface area contributed by atoms with Crippen molar-refractivity contribution in [1.29, 1.82) is 5.26 Å². The molecule has 5 heterocycles. The summed E-state index contributed by atoms with van der Waals surface area (Å²) in [6.07, 6.45) is 8.26. The fraction of sp³-hybridized carbons (Fsp3) is 0.393. The van der Waals surface area contributed by atoms with Crippen molar-refractivity contribution < 1.29 is 14.3 Å². The molecule has 2 amide bonds. The van der Waals surface area contributed by atoms with Crippen LogP contribution >= 0.6 is 0 Å². The van der Waals surface area contributed by atoms with Gasteiger partial charge in [-0.15, -0.1) is 6.58 Å². The van der Waals surface area contributed by atoms with E-state index in [0.717, 1.165) is 29.9 Å². The summed E-state index contributed by atoms with van der Waals surface area (Å²) in [5.41, 5.74) is 2.78. The van der Waals surface area contributed by atoms with Crippen LogP contribution in [0.5, 0.6) is 5.75 Å². The van der Waals surface area contributed by atoms with Gasteiger partial charge in [0.2, 0.25) is 11.8 Å². The van der Waals surface area contributed by atoms with Crippen molar-refractivity contribution in [3.05, 3.63) is 55.0 Å². The van der Waals surface area contributed by atoms with Gasteiger partial charge in [-0.1, -0.05) is 13.0 Å². The summed E-state index contributed by atoms with van der Waals surface area (Å²) < 4.78 is 7.65. The number of nitrogens with zero attached hydrogens (tertiary/aromatic N) is 7. The number of anilines is 1. The Morgan fingerprint density at radius 3 is 2.71 bits per heavy atom. The van der Waals surface area contributed by atoms with Gasteiger partial charge >= 0.3 is 0 Å². The van der Waals surface area contributed by atoms with Crippen molar-refractivity contribution in [3.63, 3.8) is 0 Å². The van der Waals surface area contributed by atoms with Gasteiger partial charge in [-0.05, 0) is 24.6 Å². The molecule has 0 N–H and O–H groups in total. The third-order valence-electron chi connectivity index (χ3n) is 7.23. The van der Waals surface area contributed by atoms with Crippen molar-refractivity contribution in [2.45, 2.75) is 19.8 Å². The zero-order valence-corrected chi connectivity index (χ0v) is 21.5. The first-order valence-corrected chi connectivity index (χ1v) is 12.9. The second-order valence-electron chi connectivity index (χ2n) is 9.63. The molecule has 5 rings (SSSR count). The van der Waals surface area contributed by atoms with Gasteiger partial charge in [-0.2, -0.15) is 10.4 Å². The van der Waals surface area contributed by atoms with E-state index in [2.05, 4.69) is 22.6 Å². The summed E-state index contributed by atoms with van der Waals surface area (Å²) in [5, 5.41) is 14.0.